The number of nitrogens with zero attached hydrogens (tertiary/aromatic N) is 1. The van der Waals surface area contributed by atoms with Crippen molar-refractivity contribution in [3.63, 3.8) is 0 Å². The summed E-state index contributed by atoms with van der Waals surface area (Å²) in [5.41, 5.74) is 10.3. The van der Waals surface area contributed by atoms with Gasteiger partial charge in [-0.15, -0.1) is 0 Å². The van der Waals surface area contributed by atoms with Crippen LogP contribution in [0.25, 0.3) is 11.1 Å². The number of rotatable bonds is 7. The molecule has 0 radical (unpaired) electrons. The summed E-state index contributed by atoms with van der Waals surface area (Å²) < 4.78 is 0. The summed E-state index contributed by atoms with van der Waals surface area (Å²) >= 11 is 0. The largest absolute Gasteiger partial charge is 0.394 e. The van der Waals surface area contributed by atoms with E-state index in [0.29, 0.717) is 12.5 Å². The highest BCUT2D eigenvalue weighted by atomic mass is 16.3. The molecule has 3 rings (SSSR count). The van der Waals surface area contributed by atoms with E-state index in [9.17, 15) is 14.7 Å². The topological polar surface area (TPSA) is 95.7 Å². The second-order valence-electron chi connectivity index (χ2n) is 8.75. The molecule has 1 saturated heterocycles. The number of hydrogen-bond acceptors (Lipinski definition) is 4. The minimum atomic E-state index is -0.344. The van der Waals surface area contributed by atoms with Gasteiger partial charge in [0.05, 0.1) is 18.7 Å². The smallest absolute Gasteiger partial charge is 0.239 e. The summed E-state index contributed by atoms with van der Waals surface area (Å²) in [6.07, 6.45) is 2.85. The van der Waals surface area contributed by atoms with Crippen molar-refractivity contribution in [1.82, 2.24) is 10.2 Å². The number of nitrogens with one attached hydrogen (secondary N) is 1. The van der Waals surface area contributed by atoms with Gasteiger partial charge in [-0.1, -0.05) is 76.2 Å². The minimum absolute atomic E-state index is 0.109. The monoisotopic (exact) mass is 469 g/mol. The van der Waals surface area contributed by atoms with Crippen molar-refractivity contribution < 1.29 is 14.7 Å². The molecule has 0 saturated carbocycles. The third-order valence-electron chi connectivity index (χ3n) is 6.06. The molecular weight excluding hydrogens is 426 g/mol. The third-order valence-corrected chi connectivity index (χ3v) is 6.06. The van der Waals surface area contributed by atoms with Gasteiger partial charge in [-0.3, -0.25) is 9.59 Å². The van der Waals surface area contributed by atoms with Gasteiger partial charge < -0.3 is 21.1 Å². The molecule has 2 aromatic rings. The number of aliphatic hydroxyl groups is 1. The Labute approximate surface area is 205 Å². The lowest BCUT2D eigenvalue weighted by atomic mass is 9.98. The Morgan fingerprint density at radius 2 is 1.79 bits per heavy atom. The summed E-state index contributed by atoms with van der Waals surface area (Å²) in [5, 5.41) is 11.8. The second-order valence-corrected chi connectivity index (χ2v) is 8.75. The molecular formula is C28H43N3O3. The van der Waals surface area contributed by atoms with Gasteiger partial charge in [0, 0.05) is 12.6 Å². The van der Waals surface area contributed by atoms with Crippen molar-refractivity contribution in [2.24, 2.45) is 11.7 Å². The first-order valence-corrected chi connectivity index (χ1v) is 12.3. The van der Waals surface area contributed by atoms with Crippen LogP contribution in [-0.4, -0.2) is 47.6 Å². The van der Waals surface area contributed by atoms with Gasteiger partial charge in [-0.25, -0.2) is 0 Å². The van der Waals surface area contributed by atoms with Gasteiger partial charge in [-0.05, 0) is 54.9 Å². The number of benzene rings is 2. The van der Waals surface area contributed by atoms with E-state index in [1.165, 1.54) is 11.1 Å². The number of carbonyl (C=O) groups is 2. The molecule has 4 N–H and O–H groups in total. The van der Waals surface area contributed by atoms with E-state index in [4.69, 9.17) is 5.73 Å². The maximum Gasteiger partial charge on any atom is 0.239 e. The van der Waals surface area contributed by atoms with Crippen LogP contribution in [0.15, 0.2) is 48.5 Å². The summed E-state index contributed by atoms with van der Waals surface area (Å²) in [4.78, 5) is 24.2. The molecule has 0 aromatic heterocycles. The molecule has 0 spiro atoms. The summed E-state index contributed by atoms with van der Waals surface area (Å²) in [6, 6.07) is 15.8. The molecule has 1 fully saturated rings. The highest BCUT2D eigenvalue weighted by Crippen LogP contribution is 2.24. The summed E-state index contributed by atoms with van der Waals surface area (Å²) in [5.74, 6) is 0.361. The first-order valence-electron chi connectivity index (χ1n) is 12.3. The van der Waals surface area contributed by atoms with Gasteiger partial charge in [0.1, 0.15) is 0 Å². The molecule has 34 heavy (non-hydrogen) atoms. The predicted molar refractivity (Wildman–Crippen MR) is 140 cm³/mol. The maximum absolute atomic E-state index is 11.8. The predicted octanol–water partition coefficient (Wildman–Crippen LogP) is 4.45. The molecule has 2 amide bonds. The van der Waals surface area contributed by atoms with Gasteiger partial charge in [0.2, 0.25) is 12.3 Å². The summed E-state index contributed by atoms with van der Waals surface area (Å²) in [7, 11) is 0. The number of aryl methyl sites for hydroxylation is 1. The highest BCUT2D eigenvalue weighted by molar-refractivity contribution is 5.82. The van der Waals surface area contributed by atoms with Gasteiger partial charge >= 0.3 is 0 Å². The van der Waals surface area contributed by atoms with Crippen LogP contribution in [-0.2, 0) is 9.59 Å². The Bertz CT molecular complexity index is 867. The van der Waals surface area contributed by atoms with Gasteiger partial charge in [-0.2, -0.15) is 0 Å². The normalized spacial score (nSPS) is 16.5. The zero-order valence-electron chi connectivity index (χ0n) is 21.6. The fraction of sp³-hybridized carbons (Fsp3) is 0.500. The average Bonchev–Trinajstić information content (AvgIpc) is 3.29. The molecule has 3 unspecified atom stereocenters. The van der Waals surface area contributed by atoms with E-state index in [1.807, 2.05) is 69.0 Å². The molecule has 188 valence electrons. The van der Waals surface area contributed by atoms with Crippen molar-refractivity contribution in [2.75, 3.05) is 13.2 Å². The Kier molecular flexibility index (Phi) is 13.2. The van der Waals surface area contributed by atoms with Crippen LogP contribution in [0.1, 0.15) is 64.6 Å². The van der Waals surface area contributed by atoms with Crippen molar-refractivity contribution in [1.29, 1.82) is 0 Å². The molecule has 1 aliphatic heterocycles. The summed E-state index contributed by atoms with van der Waals surface area (Å²) in [6.45, 7) is 12.9. The average molecular weight is 470 g/mol. The SMILES string of the molecule is CC.CC(C)C(N)C(=O)N1CCCC1C.Cc1ccccc1-c1ccc(C(CO)NC=O)cc1. The van der Waals surface area contributed by atoms with Gasteiger partial charge in [0.15, 0.2) is 0 Å². The molecule has 0 aliphatic carbocycles. The lowest BCUT2D eigenvalue weighted by Gasteiger charge is -2.26. The van der Waals surface area contributed by atoms with E-state index in [1.54, 1.807) is 0 Å². The molecule has 6 nitrogen and oxygen atoms in total. The van der Waals surface area contributed by atoms with Crippen LogP contribution in [0.2, 0.25) is 0 Å². The number of aliphatic hydroxyl groups excluding tert-OH is 1. The maximum atomic E-state index is 11.8. The Morgan fingerprint density at radius 1 is 1.18 bits per heavy atom. The fourth-order valence-electron chi connectivity index (χ4n) is 3.87. The van der Waals surface area contributed by atoms with Crippen LogP contribution in [0, 0.1) is 12.8 Å². The molecule has 6 heteroatoms. The quantitative estimate of drug-likeness (QED) is 0.522. The van der Waals surface area contributed by atoms with Crippen molar-refractivity contribution in [2.45, 2.75) is 72.5 Å². The molecule has 1 heterocycles. The van der Waals surface area contributed by atoms with Crippen LogP contribution >= 0.6 is 0 Å². The lowest BCUT2D eigenvalue weighted by Crippen LogP contribution is -2.47. The van der Waals surface area contributed by atoms with E-state index in [0.717, 1.165) is 30.5 Å². The number of nitrogens with two attached hydrogens (primary N) is 1. The van der Waals surface area contributed by atoms with Crippen molar-refractivity contribution in [3.8, 4) is 11.1 Å². The van der Waals surface area contributed by atoms with E-state index >= 15 is 0 Å². The fourth-order valence-corrected chi connectivity index (χ4v) is 3.87. The lowest BCUT2D eigenvalue weighted by molar-refractivity contribution is -0.134. The van der Waals surface area contributed by atoms with Crippen molar-refractivity contribution >= 4 is 12.3 Å². The zero-order valence-corrected chi connectivity index (χ0v) is 21.6. The van der Waals surface area contributed by atoms with Crippen molar-refractivity contribution in [3.05, 3.63) is 59.7 Å². The molecule has 1 aliphatic rings. The van der Waals surface area contributed by atoms with Crippen LogP contribution in [0.3, 0.4) is 0 Å². The minimum Gasteiger partial charge on any atom is -0.394 e. The van der Waals surface area contributed by atoms with Gasteiger partial charge in [0.25, 0.3) is 0 Å². The third kappa shape index (κ3) is 8.26. The molecule has 2 aromatic carbocycles. The first kappa shape index (κ1) is 29.3. The van der Waals surface area contributed by atoms with E-state index in [2.05, 4.69) is 31.3 Å². The first-order chi connectivity index (χ1) is 16.3. The molecule has 0 bridgehead atoms. The number of amides is 2. The number of carbonyl (C=O) groups excluding carboxylic acids is 2. The van der Waals surface area contributed by atoms with Crippen LogP contribution in [0.5, 0.6) is 0 Å². The molecule has 3 atom stereocenters. The Balaban J connectivity index is 0.000000337. The highest BCUT2D eigenvalue weighted by Gasteiger charge is 2.29. The number of hydrogen-bond donors (Lipinski definition) is 3. The Morgan fingerprint density at radius 3 is 2.26 bits per heavy atom. The van der Waals surface area contributed by atoms with Crippen LogP contribution in [0.4, 0.5) is 0 Å². The van der Waals surface area contributed by atoms with Crippen LogP contribution < -0.4 is 11.1 Å². The standard InChI is InChI=1S/C16H17NO2.C10H20N2O.C2H6/c1-12-4-2-3-5-15(12)13-6-8-14(9-7-13)16(10-18)17-11-19;1-7(2)9(11)10(13)12-6-4-5-8(12)3;1-2/h2-9,11,16,18H,10H2,1H3,(H,17,19);7-9H,4-6,11H2,1-3H3;1-2H3. The second kappa shape index (κ2) is 15.3. The number of likely N-dealkylation sites (tertiary alicyclic amines) is 1. The Hall–Kier alpha value is -2.70. The van der Waals surface area contributed by atoms with E-state index in [-0.39, 0.29) is 30.5 Å². The zero-order chi connectivity index (χ0) is 25.7. The van der Waals surface area contributed by atoms with E-state index < -0.39 is 0 Å².